The average molecular weight is 195 g/mol. The fourth-order valence-electron chi connectivity index (χ4n) is 1.29. The summed E-state index contributed by atoms with van der Waals surface area (Å²) in [6, 6.07) is 1.51. The number of rotatable bonds is 3. The number of carbonyl (C=O) groups is 2. The van der Waals surface area contributed by atoms with E-state index in [1.165, 1.54) is 13.2 Å². The number of nitrogens with one attached hydrogen (secondary N) is 1. The molecular weight excluding hydrogens is 182 g/mol. The molecule has 0 aliphatic heterocycles. The van der Waals surface area contributed by atoms with Crippen LogP contribution >= 0.6 is 0 Å². The van der Waals surface area contributed by atoms with E-state index in [0.29, 0.717) is 17.5 Å². The van der Waals surface area contributed by atoms with Crippen LogP contribution in [0.5, 0.6) is 0 Å². The Bertz CT molecular complexity index is 352. The van der Waals surface area contributed by atoms with Crippen LogP contribution in [0.4, 0.5) is 0 Å². The van der Waals surface area contributed by atoms with Crippen molar-refractivity contribution in [1.82, 2.24) is 4.98 Å². The molecule has 0 aliphatic rings. The van der Waals surface area contributed by atoms with Gasteiger partial charge in [-0.05, 0) is 12.0 Å². The van der Waals surface area contributed by atoms with Gasteiger partial charge >= 0.3 is 5.97 Å². The Morgan fingerprint density at radius 1 is 1.57 bits per heavy atom. The number of esters is 1. The van der Waals surface area contributed by atoms with Gasteiger partial charge in [0, 0.05) is 5.69 Å². The van der Waals surface area contributed by atoms with Crippen molar-refractivity contribution in [2.75, 3.05) is 7.11 Å². The summed E-state index contributed by atoms with van der Waals surface area (Å²) >= 11 is 0. The number of aromatic nitrogens is 1. The van der Waals surface area contributed by atoms with Crippen molar-refractivity contribution in [3.8, 4) is 0 Å². The van der Waals surface area contributed by atoms with Crippen molar-refractivity contribution in [2.45, 2.75) is 19.8 Å². The van der Waals surface area contributed by atoms with Crippen molar-refractivity contribution < 1.29 is 14.3 Å². The van der Waals surface area contributed by atoms with Gasteiger partial charge in [0.1, 0.15) is 0 Å². The second kappa shape index (κ2) is 4.09. The third kappa shape index (κ3) is 1.84. The van der Waals surface area contributed by atoms with Gasteiger partial charge in [0.25, 0.3) is 0 Å². The molecule has 1 rings (SSSR count). The second-order valence-corrected chi connectivity index (χ2v) is 3.32. The Hall–Kier alpha value is -1.58. The second-order valence-electron chi connectivity index (χ2n) is 3.32. The summed E-state index contributed by atoms with van der Waals surface area (Å²) in [5.74, 6) is -0.268. The van der Waals surface area contributed by atoms with Crippen molar-refractivity contribution in [1.29, 1.82) is 0 Å². The van der Waals surface area contributed by atoms with Gasteiger partial charge in [0.05, 0.1) is 18.4 Å². The number of aromatic amines is 1. The first-order valence-corrected chi connectivity index (χ1v) is 4.36. The quantitative estimate of drug-likeness (QED) is 0.590. The van der Waals surface area contributed by atoms with Gasteiger partial charge in [-0.15, -0.1) is 0 Å². The molecular formula is C10H13NO3. The molecule has 4 heteroatoms. The lowest BCUT2D eigenvalue weighted by atomic mass is 10.1. The lowest BCUT2D eigenvalue weighted by Crippen LogP contribution is -2.04. The third-order valence-corrected chi connectivity index (χ3v) is 1.98. The number of hydrogen-bond acceptors (Lipinski definition) is 3. The molecule has 0 radical (unpaired) electrons. The minimum Gasteiger partial charge on any atom is -0.465 e. The predicted octanol–water partition coefficient (Wildman–Crippen LogP) is 1.74. The van der Waals surface area contributed by atoms with Crippen LogP contribution in [0, 0.1) is 0 Å². The first-order valence-electron chi connectivity index (χ1n) is 4.36. The maximum Gasteiger partial charge on any atom is 0.339 e. The minimum atomic E-state index is -0.418. The van der Waals surface area contributed by atoms with Gasteiger partial charge in [0.15, 0.2) is 6.29 Å². The van der Waals surface area contributed by atoms with Gasteiger partial charge in [-0.25, -0.2) is 4.79 Å². The summed E-state index contributed by atoms with van der Waals surface area (Å²) in [5, 5.41) is 0. The fourth-order valence-corrected chi connectivity index (χ4v) is 1.29. The number of H-pyrrole nitrogens is 1. The maximum atomic E-state index is 11.3. The SMILES string of the molecule is COC(=O)c1cc(C=O)[nH]c1C(C)C. The Morgan fingerprint density at radius 2 is 2.21 bits per heavy atom. The summed E-state index contributed by atoms with van der Waals surface area (Å²) in [5.41, 5.74) is 1.57. The van der Waals surface area contributed by atoms with Crippen LogP contribution < -0.4 is 0 Å². The van der Waals surface area contributed by atoms with E-state index in [0.717, 1.165) is 5.69 Å². The predicted molar refractivity (Wildman–Crippen MR) is 51.6 cm³/mol. The zero-order chi connectivity index (χ0) is 10.7. The molecule has 0 saturated heterocycles. The molecule has 14 heavy (non-hydrogen) atoms. The molecule has 0 atom stereocenters. The molecule has 0 unspecified atom stereocenters. The van der Waals surface area contributed by atoms with E-state index in [4.69, 9.17) is 0 Å². The first-order chi connectivity index (χ1) is 6.60. The average Bonchev–Trinajstić information content (AvgIpc) is 2.60. The molecule has 1 heterocycles. The molecule has 1 aromatic rings. The number of hydrogen-bond donors (Lipinski definition) is 1. The third-order valence-electron chi connectivity index (χ3n) is 1.98. The Kier molecular flexibility index (Phi) is 3.06. The van der Waals surface area contributed by atoms with Gasteiger partial charge < -0.3 is 9.72 Å². The summed E-state index contributed by atoms with van der Waals surface area (Å²) in [7, 11) is 1.32. The summed E-state index contributed by atoms with van der Waals surface area (Å²) in [4.78, 5) is 24.7. The lowest BCUT2D eigenvalue weighted by molar-refractivity contribution is 0.0599. The van der Waals surface area contributed by atoms with E-state index in [-0.39, 0.29) is 5.92 Å². The number of methoxy groups -OCH3 is 1. The normalized spacial score (nSPS) is 10.3. The highest BCUT2D eigenvalue weighted by atomic mass is 16.5. The van der Waals surface area contributed by atoms with Gasteiger partial charge in [-0.2, -0.15) is 0 Å². The molecule has 0 spiro atoms. The van der Waals surface area contributed by atoms with Crippen LogP contribution in [0.25, 0.3) is 0 Å². The molecule has 4 nitrogen and oxygen atoms in total. The monoisotopic (exact) mass is 195 g/mol. The Balaban J connectivity index is 3.18. The van der Waals surface area contributed by atoms with E-state index in [1.807, 2.05) is 13.8 Å². The molecule has 76 valence electrons. The van der Waals surface area contributed by atoms with Gasteiger partial charge in [-0.1, -0.05) is 13.8 Å². The summed E-state index contributed by atoms with van der Waals surface area (Å²) in [6.07, 6.45) is 0.679. The van der Waals surface area contributed by atoms with Crippen molar-refractivity contribution in [3.63, 3.8) is 0 Å². The summed E-state index contributed by atoms with van der Waals surface area (Å²) in [6.45, 7) is 3.87. The van der Waals surface area contributed by atoms with Crippen LogP contribution in [0.3, 0.4) is 0 Å². The van der Waals surface area contributed by atoms with Crippen LogP contribution in [-0.2, 0) is 4.74 Å². The van der Waals surface area contributed by atoms with Crippen molar-refractivity contribution >= 4 is 12.3 Å². The Labute approximate surface area is 82.3 Å². The zero-order valence-electron chi connectivity index (χ0n) is 8.46. The molecule has 0 aromatic carbocycles. The number of aldehydes is 1. The molecule has 1 N–H and O–H groups in total. The standard InChI is InChI=1S/C10H13NO3/c1-6(2)9-8(10(13)14-3)4-7(5-12)11-9/h4-6,11H,1-3H3. The van der Waals surface area contributed by atoms with E-state index in [2.05, 4.69) is 9.72 Å². The highest BCUT2D eigenvalue weighted by Gasteiger charge is 2.17. The van der Waals surface area contributed by atoms with Crippen LogP contribution in [-0.4, -0.2) is 24.3 Å². The summed E-state index contributed by atoms with van der Waals surface area (Å²) < 4.78 is 4.61. The highest BCUT2D eigenvalue weighted by Crippen LogP contribution is 2.19. The first kappa shape index (κ1) is 10.5. The lowest BCUT2D eigenvalue weighted by Gasteiger charge is -2.04. The van der Waals surface area contributed by atoms with Crippen LogP contribution in [0.2, 0.25) is 0 Å². The van der Waals surface area contributed by atoms with E-state index in [9.17, 15) is 9.59 Å². The highest BCUT2D eigenvalue weighted by molar-refractivity contribution is 5.93. The number of ether oxygens (including phenoxy) is 1. The smallest absolute Gasteiger partial charge is 0.339 e. The topological polar surface area (TPSA) is 59.2 Å². The minimum absolute atomic E-state index is 0.151. The molecule has 0 aliphatic carbocycles. The zero-order valence-corrected chi connectivity index (χ0v) is 8.46. The van der Waals surface area contributed by atoms with Gasteiger partial charge in [-0.3, -0.25) is 4.79 Å². The van der Waals surface area contributed by atoms with Crippen molar-refractivity contribution in [3.05, 3.63) is 23.0 Å². The molecule has 0 amide bonds. The van der Waals surface area contributed by atoms with E-state index in [1.54, 1.807) is 0 Å². The van der Waals surface area contributed by atoms with Gasteiger partial charge in [0.2, 0.25) is 0 Å². The largest absolute Gasteiger partial charge is 0.465 e. The van der Waals surface area contributed by atoms with Crippen LogP contribution in [0.15, 0.2) is 6.07 Å². The molecule has 0 bridgehead atoms. The van der Waals surface area contributed by atoms with E-state index < -0.39 is 5.97 Å². The molecule has 1 aromatic heterocycles. The molecule has 0 fully saturated rings. The van der Waals surface area contributed by atoms with E-state index >= 15 is 0 Å². The molecule has 0 saturated carbocycles. The van der Waals surface area contributed by atoms with Crippen LogP contribution in [0.1, 0.15) is 46.3 Å². The Morgan fingerprint density at radius 3 is 2.64 bits per heavy atom. The maximum absolute atomic E-state index is 11.3. The van der Waals surface area contributed by atoms with Crippen molar-refractivity contribution in [2.24, 2.45) is 0 Å². The fraction of sp³-hybridized carbons (Fsp3) is 0.400. The number of carbonyl (C=O) groups excluding carboxylic acids is 2.